The smallest absolute Gasteiger partial charge is 0.238 e. The predicted molar refractivity (Wildman–Crippen MR) is 98.9 cm³/mol. The van der Waals surface area contributed by atoms with Gasteiger partial charge in [-0.05, 0) is 36.9 Å². The molecule has 1 heterocycles. The number of nitrogens with one attached hydrogen (secondary N) is 1. The van der Waals surface area contributed by atoms with Crippen LogP contribution in [0.5, 0.6) is 11.5 Å². The quantitative estimate of drug-likeness (QED) is 0.855. The highest BCUT2D eigenvalue weighted by molar-refractivity contribution is 6.39. The molecule has 2 aromatic rings. The van der Waals surface area contributed by atoms with Gasteiger partial charge in [0.1, 0.15) is 13.2 Å². The number of rotatable bonds is 5. The molecule has 0 spiro atoms. The van der Waals surface area contributed by atoms with E-state index in [-0.39, 0.29) is 12.5 Å². The Kier molecular flexibility index (Phi) is 5.68. The van der Waals surface area contributed by atoms with Gasteiger partial charge in [-0.1, -0.05) is 35.3 Å². The van der Waals surface area contributed by atoms with Crippen molar-refractivity contribution in [3.63, 3.8) is 0 Å². The third kappa shape index (κ3) is 4.57. The monoisotopic (exact) mass is 380 g/mol. The summed E-state index contributed by atoms with van der Waals surface area (Å²) >= 11 is 12.1. The molecule has 0 unspecified atom stereocenters. The zero-order chi connectivity index (χ0) is 17.8. The number of halogens is 2. The third-order valence-corrected chi connectivity index (χ3v) is 4.33. The largest absolute Gasteiger partial charge is 0.486 e. The Morgan fingerprint density at radius 2 is 1.80 bits per heavy atom. The second kappa shape index (κ2) is 7.95. The van der Waals surface area contributed by atoms with E-state index < -0.39 is 0 Å². The summed E-state index contributed by atoms with van der Waals surface area (Å²) in [6.07, 6.45) is 0. The van der Waals surface area contributed by atoms with E-state index in [4.69, 9.17) is 32.7 Å². The van der Waals surface area contributed by atoms with Gasteiger partial charge >= 0.3 is 0 Å². The fraction of sp³-hybridized carbons (Fsp3) is 0.278. The van der Waals surface area contributed by atoms with Crippen LogP contribution in [0.2, 0.25) is 10.0 Å². The van der Waals surface area contributed by atoms with Crippen molar-refractivity contribution in [1.29, 1.82) is 0 Å². The summed E-state index contributed by atoms with van der Waals surface area (Å²) in [7, 11) is 1.87. The highest BCUT2D eigenvalue weighted by Crippen LogP contribution is 2.31. The van der Waals surface area contributed by atoms with Gasteiger partial charge in [0.2, 0.25) is 5.91 Å². The second-order valence-electron chi connectivity index (χ2n) is 5.80. The van der Waals surface area contributed by atoms with Crippen LogP contribution in [0, 0.1) is 0 Å². The van der Waals surface area contributed by atoms with E-state index in [1.807, 2.05) is 30.1 Å². The summed E-state index contributed by atoms with van der Waals surface area (Å²) in [5.41, 5.74) is 1.47. The van der Waals surface area contributed by atoms with Crippen LogP contribution in [0.4, 0.5) is 5.69 Å². The van der Waals surface area contributed by atoms with Gasteiger partial charge in [0.05, 0.1) is 22.3 Å². The van der Waals surface area contributed by atoms with Crippen LogP contribution in [0.1, 0.15) is 5.56 Å². The summed E-state index contributed by atoms with van der Waals surface area (Å²) in [5.74, 6) is 1.31. The number of hydrogen-bond acceptors (Lipinski definition) is 4. The van der Waals surface area contributed by atoms with Crippen molar-refractivity contribution in [2.45, 2.75) is 6.54 Å². The molecule has 0 radical (unpaired) electrons. The van der Waals surface area contributed by atoms with Gasteiger partial charge in [0, 0.05) is 6.54 Å². The number of likely N-dealkylation sites (N-methyl/N-ethyl adjacent to an activating group) is 1. The molecule has 0 aliphatic carbocycles. The maximum atomic E-state index is 12.2. The molecule has 25 heavy (non-hydrogen) atoms. The lowest BCUT2D eigenvalue weighted by Gasteiger charge is -2.21. The Balaban J connectivity index is 1.59. The Bertz CT molecular complexity index is 763. The molecule has 7 heteroatoms. The maximum Gasteiger partial charge on any atom is 0.238 e. The molecule has 1 aliphatic rings. The zero-order valence-electron chi connectivity index (χ0n) is 13.7. The molecular weight excluding hydrogens is 363 g/mol. The fourth-order valence-electron chi connectivity index (χ4n) is 2.60. The molecule has 0 atom stereocenters. The normalized spacial score (nSPS) is 13.0. The van der Waals surface area contributed by atoms with Crippen LogP contribution in [-0.2, 0) is 11.3 Å². The topological polar surface area (TPSA) is 50.8 Å². The first-order valence-corrected chi connectivity index (χ1v) is 8.59. The number of fused-ring (bicyclic) bond motifs is 1. The Morgan fingerprint density at radius 1 is 1.12 bits per heavy atom. The van der Waals surface area contributed by atoms with Crippen molar-refractivity contribution in [1.82, 2.24) is 4.90 Å². The molecule has 2 aromatic carbocycles. The molecule has 0 bridgehead atoms. The molecule has 0 saturated heterocycles. The molecule has 0 saturated carbocycles. The van der Waals surface area contributed by atoms with Gasteiger partial charge < -0.3 is 14.8 Å². The number of carbonyl (C=O) groups excluding carboxylic acids is 1. The van der Waals surface area contributed by atoms with E-state index >= 15 is 0 Å². The van der Waals surface area contributed by atoms with E-state index in [9.17, 15) is 4.79 Å². The van der Waals surface area contributed by atoms with Gasteiger partial charge in [-0.25, -0.2) is 0 Å². The van der Waals surface area contributed by atoms with Crippen LogP contribution < -0.4 is 14.8 Å². The first-order chi connectivity index (χ1) is 12.0. The fourth-order valence-corrected chi connectivity index (χ4v) is 3.09. The van der Waals surface area contributed by atoms with Gasteiger partial charge in [-0.15, -0.1) is 0 Å². The SMILES string of the molecule is CN(CC(=O)Nc1c(Cl)cccc1Cl)Cc1ccc2c(c1)OCCO2. The lowest BCUT2D eigenvalue weighted by molar-refractivity contribution is -0.117. The number of ether oxygens (including phenoxy) is 2. The minimum atomic E-state index is -0.185. The third-order valence-electron chi connectivity index (χ3n) is 3.70. The zero-order valence-corrected chi connectivity index (χ0v) is 15.2. The maximum absolute atomic E-state index is 12.2. The van der Waals surface area contributed by atoms with Crippen LogP contribution in [0.25, 0.3) is 0 Å². The summed E-state index contributed by atoms with van der Waals surface area (Å²) in [5, 5.41) is 3.58. The number of hydrogen-bond donors (Lipinski definition) is 1. The molecule has 1 amide bonds. The number of benzene rings is 2. The van der Waals surface area contributed by atoms with Crippen LogP contribution in [0.15, 0.2) is 36.4 Å². The van der Waals surface area contributed by atoms with Gasteiger partial charge in [0.25, 0.3) is 0 Å². The predicted octanol–water partition coefficient (Wildman–Crippen LogP) is 3.84. The average Bonchev–Trinajstić information content (AvgIpc) is 2.58. The van der Waals surface area contributed by atoms with Crippen molar-refractivity contribution < 1.29 is 14.3 Å². The van der Waals surface area contributed by atoms with Gasteiger partial charge in [-0.2, -0.15) is 0 Å². The highest BCUT2D eigenvalue weighted by atomic mass is 35.5. The van der Waals surface area contributed by atoms with Gasteiger partial charge in [0.15, 0.2) is 11.5 Å². The Hall–Kier alpha value is -1.95. The molecule has 5 nitrogen and oxygen atoms in total. The summed E-state index contributed by atoms with van der Waals surface area (Å²) in [6.45, 7) is 1.92. The lowest BCUT2D eigenvalue weighted by Crippen LogP contribution is -2.30. The van der Waals surface area contributed by atoms with Crippen LogP contribution in [0.3, 0.4) is 0 Å². The number of carbonyl (C=O) groups is 1. The number of nitrogens with zero attached hydrogens (tertiary/aromatic N) is 1. The minimum Gasteiger partial charge on any atom is -0.486 e. The average molecular weight is 381 g/mol. The number of amides is 1. The molecular formula is C18H18Cl2N2O3. The second-order valence-corrected chi connectivity index (χ2v) is 6.61. The summed E-state index contributed by atoms with van der Waals surface area (Å²) in [4.78, 5) is 14.1. The van der Waals surface area contributed by atoms with Crippen LogP contribution >= 0.6 is 23.2 Å². The van der Waals surface area contributed by atoms with E-state index in [0.717, 1.165) is 17.1 Å². The molecule has 1 N–H and O–H groups in total. The van der Waals surface area contributed by atoms with Crippen molar-refractivity contribution in [2.24, 2.45) is 0 Å². The van der Waals surface area contributed by atoms with E-state index in [1.54, 1.807) is 18.2 Å². The highest BCUT2D eigenvalue weighted by Gasteiger charge is 2.14. The lowest BCUT2D eigenvalue weighted by atomic mass is 10.2. The Labute approximate surface area is 156 Å². The molecule has 3 rings (SSSR count). The molecule has 1 aliphatic heterocycles. The van der Waals surface area contributed by atoms with Crippen molar-refractivity contribution in [3.05, 3.63) is 52.0 Å². The molecule has 132 valence electrons. The van der Waals surface area contributed by atoms with Crippen molar-refractivity contribution >= 4 is 34.8 Å². The van der Waals surface area contributed by atoms with Crippen molar-refractivity contribution in [2.75, 3.05) is 32.1 Å². The minimum absolute atomic E-state index is 0.185. The van der Waals surface area contributed by atoms with E-state index in [0.29, 0.717) is 35.5 Å². The van der Waals surface area contributed by atoms with Crippen LogP contribution in [-0.4, -0.2) is 37.6 Å². The standard InChI is InChI=1S/C18H18Cl2N2O3/c1-22(10-12-5-6-15-16(9-12)25-8-7-24-15)11-17(23)21-18-13(19)3-2-4-14(18)20/h2-6,9H,7-8,10-11H2,1H3,(H,21,23). The van der Waals surface area contributed by atoms with Crippen molar-refractivity contribution in [3.8, 4) is 11.5 Å². The number of para-hydroxylation sites is 1. The van der Waals surface area contributed by atoms with E-state index in [1.165, 1.54) is 0 Å². The molecule has 0 fully saturated rings. The van der Waals surface area contributed by atoms with E-state index in [2.05, 4.69) is 5.32 Å². The molecule has 0 aromatic heterocycles. The summed E-state index contributed by atoms with van der Waals surface area (Å²) < 4.78 is 11.1. The first kappa shape index (κ1) is 17.9. The Morgan fingerprint density at radius 3 is 2.52 bits per heavy atom. The van der Waals surface area contributed by atoms with Gasteiger partial charge in [-0.3, -0.25) is 9.69 Å². The first-order valence-electron chi connectivity index (χ1n) is 7.84. The number of anilines is 1. The summed E-state index contributed by atoms with van der Waals surface area (Å²) in [6, 6.07) is 10.9.